The second kappa shape index (κ2) is 7.87. The molecule has 0 spiro atoms. The quantitative estimate of drug-likeness (QED) is 0.509. The molecule has 0 atom stereocenters. The van der Waals surface area contributed by atoms with Crippen LogP contribution in [0, 0.1) is 11.8 Å². The third-order valence-corrected chi connectivity index (χ3v) is 4.62. The number of aromatic nitrogens is 1. The van der Waals surface area contributed by atoms with Crippen LogP contribution in [-0.4, -0.2) is 23.2 Å². The molecule has 0 unspecified atom stereocenters. The number of aromatic carboxylic acids is 1. The first-order chi connectivity index (χ1) is 14.2. The van der Waals surface area contributed by atoms with Crippen molar-refractivity contribution >= 4 is 16.9 Å². The first-order valence-corrected chi connectivity index (χ1v) is 9.03. The van der Waals surface area contributed by atoms with E-state index in [9.17, 15) is 9.90 Å². The fourth-order valence-electron chi connectivity index (χ4n) is 3.18. The number of ether oxygens (including phenoxy) is 1. The monoisotopic (exact) mass is 379 g/mol. The van der Waals surface area contributed by atoms with Crippen molar-refractivity contribution in [3.8, 4) is 28.7 Å². The largest absolute Gasteiger partial charge is 0.497 e. The summed E-state index contributed by atoms with van der Waals surface area (Å²) in [5, 5.41) is 10.7. The van der Waals surface area contributed by atoms with E-state index in [1.807, 2.05) is 60.7 Å². The minimum atomic E-state index is -0.991. The Hall–Kier alpha value is -4.10. The number of hydrogen-bond donors (Lipinski definition) is 1. The number of fused-ring (bicyclic) bond motifs is 1. The van der Waals surface area contributed by atoms with Crippen molar-refractivity contribution in [2.75, 3.05) is 7.11 Å². The Morgan fingerprint density at radius 3 is 2.55 bits per heavy atom. The van der Waals surface area contributed by atoms with Gasteiger partial charge in [-0.15, -0.1) is 0 Å². The predicted octanol–water partition coefficient (Wildman–Crippen LogP) is 5.01. The molecule has 4 heteroatoms. The maximum Gasteiger partial charge on any atom is 0.336 e. The Morgan fingerprint density at radius 2 is 1.79 bits per heavy atom. The molecular weight excluding hydrogens is 362 g/mol. The van der Waals surface area contributed by atoms with Gasteiger partial charge >= 0.3 is 5.97 Å². The van der Waals surface area contributed by atoms with Crippen molar-refractivity contribution < 1.29 is 14.6 Å². The molecule has 1 aromatic heterocycles. The zero-order chi connectivity index (χ0) is 20.2. The highest BCUT2D eigenvalue weighted by Gasteiger charge is 2.15. The third kappa shape index (κ3) is 3.80. The molecule has 4 rings (SSSR count). The van der Waals surface area contributed by atoms with Gasteiger partial charge in [-0.25, -0.2) is 4.79 Å². The summed E-state index contributed by atoms with van der Waals surface area (Å²) >= 11 is 0. The SMILES string of the molecule is COc1ccc(C#Cc2cccc(C(=O)O)c2-c2ccc3cccnc3c2)cc1. The van der Waals surface area contributed by atoms with E-state index in [2.05, 4.69) is 16.8 Å². The van der Waals surface area contributed by atoms with Crippen molar-refractivity contribution in [2.24, 2.45) is 0 Å². The molecule has 0 radical (unpaired) electrons. The Kier molecular flexibility index (Phi) is 4.96. The minimum absolute atomic E-state index is 0.210. The Morgan fingerprint density at radius 1 is 0.966 bits per heavy atom. The van der Waals surface area contributed by atoms with Crippen LogP contribution in [0.5, 0.6) is 5.75 Å². The molecule has 4 nitrogen and oxygen atoms in total. The van der Waals surface area contributed by atoms with Crippen molar-refractivity contribution in [3.05, 3.63) is 95.7 Å². The van der Waals surface area contributed by atoms with Crippen LogP contribution in [-0.2, 0) is 0 Å². The number of rotatable bonds is 3. The molecule has 0 fully saturated rings. The zero-order valence-corrected chi connectivity index (χ0v) is 15.7. The molecule has 4 aromatic rings. The molecule has 140 valence electrons. The number of benzene rings is 3. The van der Waals surface area contributed by atoms with Gasteiger partial charge in [0.1, 0.15) is 5.75 Å². The third-order valence-electron chi connectivity index (χ3n) is 4.62. The van der Waals surface area contributed by atoms with Crippen molar-refractivity contribution in [1.29, 1.82) is 0 Å². The summed E-state index contributed by atoms with van der Waals surface area (Å²) in [4.78, 5) is 16.3. The van der Waals surface area contributed by atoms with Crippen LogP contribution in [0.25, 0.3) is 22.0 Å². The molecule has 3 aromatic carbocycles. The molecule has 0 saturated carbocycles. The molecule has 0 aliphatic rings. The average Bonchev–Trinajstić information content (AvgIpc) is 2.77. The second-order valence-corrected chi connectivity index (χ2v) is 6.42. The summed E-state index contributed by atoms with van der Waals surface area (Å²) in [7, 11) is 1.61. The predicted molar refractivity (Wildman–Crippen MR) is 113 cm³/mol. The highest BCUT2D eigenvalue weighted by Crippen LogP contribution is 2.30. The molecule has 0 amide bonds. The van der Waals surface area contributed by atoms with E-state index >= 15 is 0 Å². The molecular formula is C25H17NO3. The lowest BCUT2D eigenvalue weighted by Crippen LogP contribution is -2.01. The van der Waals surface area contributed by atoms with Gasteiger partial charge in [0.05, 0.1) is 18.2 Å². The normalized spacial score (nSPS) is 10.2. The van der Waals surface area contributed by atoms with E-state index < -0.39 is 5.97 Å². The van der Waals surface area contributed by atoms with Crippen LogP contribution in [0.3, 0.4) is 0 Å². The smallest absolute Gasteiger partial charge is 0.336 e. The molecule has 0 saturated heterocycles. The summed E-state index contributed by atoms with van der Waals surface area (Å²) in [5.74, 6) is 6.01. The van der Waals surface area contributed by atoms with E-state index in [1.54, 1.807) is 25.4 Å². The molecule has 0 bridgehead atoms. The van der Waals surface area contributed by atoms with Gasteiger partial charge in [-0.1, -0.05) is 36.1 Å². The average molecular weight is 379 g/mol. The number of nitrogens with zero attached hydrogens (tertiary/aromatic N) is 1. The van der Waals surface area contributed by atoms with Crippen LogP contribution in [0.15, 0.2) is 79.0 Å². The maximum absolute atomic E-state index is 11.9. The molecule has 1 heterocycles. The Bertz CT molecular complexity index is 1260. The van der Waals surface area contributed by atoms with Gasteiger partial charge in [0, 0.05) is 28.3 Å². The van der Waals surface area contributed by atoms with E-state index in [4.69, 9.17) is 4.74 Å². The minimum Gasteiger partial charge on any atom is -0.497 e. The van der Waals surface area contributed by atoms with E-state index in [-0.39, 0.29) is 5.56 Å². The van der Waals surface area contributed by atoms with Gasteiger partial charge in [-0.05, 0) is 54.1 Å². The molecule has 0 aliphatic carbocycles. The number of carboxylic acid groups (broad SMARTS) is 1. The van der Waals surface area contributed by atoms with Gasteiger partial charge in [-0.3, -0.25) is 4.98 Å². The maximum atomic E-state index is 11.9. The van der Waals surface area contributed by atoms with Crippen LogP contribution in [0.2, 0.25) is 0 Å². The Balaban J connectivity index is 1.85. The first-order valence-electron chi connectivity index (χ1n) is 9.03. The number of carbonyl (C=O) groups is 1. The first kappa shape index (κ1) is 18.3. The van der Waals surface area contributed by atoms with Crippen LogP contribution < -0.4 is 4.74 Å². The molecule has 1 N–H and O–H groups in total. The summed E-state index contributed by atoms with van der Waals surface area (Å²) in [6.45, 7) is 0. The summed E-state index contributed by atoms with van der Waals surface area (Å²) in [6.07, 6.45) is 1.72. The van der Waals surface area contributed by atoms with Gasteiger partial charge in [0.25, 0.3) is 0 Å². The van der Waals surface area contributed by atoms with Crippen LogP contribution in [0.1, 0.15) is 21.5 Å². The zero-order valence-electron chi connectivity index (χ0n) is 15.7. The topological polar surface area (TPSA) is 59.4 Å². The molecule has 0 aliphatic heterocycles. The van der Waals surface area contributed by atoms with Crippen LogP contribution >= 0.6 is 0 Å². The second-order valence-electron chi connectivity index (χ2n) is 6.42. The highest BCUT2D eigenvalue weighted by molar-refractivity contribution is 5.99. The van der Waals surface area contributed by atoms with Gasteiger partial charge in [-0.2, -0.15) is 0 Å². The lowest BCUT2D eigenvalue weighted by atomic mass is 9.93. The standard InChI is InChI=1S/C25H17NO3/c1-29-21-13-8-17(9-14-21)7-10-19-4-2-6-22(25(27)28)24(19)20-12-11-18-5-3-15-26-23(18)16-20/h2-6,8-9,11-16H,1H3,(H,27,28). The number of hydrogen-bond acceptors (Lipinski definition) is 3. The lowest BCUT2D eigenvalue weighted by Gasteiger charge is -2.10. The van der Waals surface area contributed by atoms with Gasteiger partial charge in [0.15, 0.2) is 0 Å². The number of pyridine rings is 1. The van der Waals surface area contributed by atoms with Crippen LogP contribution in [0.4, 0.5) is 0 Å². The summed E-state index contributed by atoms with van der Waals surface area (Å²) < 4.78 is 5.17. The van der Waals surface area contributed by atoms with Gasteiger partial charge < -0.3 is 9.84 Å². The van der Waals surface area contributed by atoms with Crippen molar-refractivity contribution in [2.45, 2.75) is 0 Å². The number of methoxy groups -OCH3 is 1. The number of carboxylic acids is 1. The van der Waals surface area contributed by atoms with E-state index in [0.29, 0.717) is 11.1 Å². The summed E-state index contributed by atoms with van der Waals surface area (Å²) in [5.41, 5.74) is 3.84. The molecule has 29 heavy (non-hydrogen) atoms. The highest BCUT2D eigenvalue weighted by atomic mass is 16.5. The van der Waals surface area contributed by atoms with Crippen molar-refractivity contribution in [3.63, 3.8) is 0 Å². The fourth-order valence-corrected chi connectivity index (χ4v) is 3.18. The Labute approximate surface area is 168 Å². The van der Waals surface area contributed by atoms with Crippen molar-refractivity contribution in [1.82, 2.24) is 4.98 Å². The fraction of sp³-hybridized carbons (Fsp3) is 0.0400. The summed E-state index contributed by atoms with van der Waals surface area (Å²) in [6, 6.07) is 22.2. The van der Waals surface area contributed by atoms with E-state index in [0.717, 1.165) is 27.8 Å². The lowest BCUT2D eigenvalue weighted by molar-refractivity contribution is 0.0697. The van der Waals surface area contributed by atoms with E-state index in [1.165, 1.54) is 0 Å². The van der Waals surface area contributed by atoms with Gasteiger partial charge in [0.2, 0.25) is 0 Å².